The molecule has 0 radical (unpaired) electrons. The SMILES string of the molecule is CCCCN(C)c1ccc(F)[c]([Ti]([c]2c(F)ccc(N(C)CCCC)c2F)([CH]2C=CC=C2)[CH]2C=CC=C2)c1F. The summed E-state index contributed by atoms with van der Waals surface area (Å²) < 4.78 is 64.6. The minimum absolute atomic E-state index is 0.135. The Balaban J connectivity index is 2.08. The van der Waals surface area contributed by atoms with Crippen molar-refractivity contribution in [1.29, 1.82) is 0 Å². The molecule has 2 nitrogen and oxygen atoms in total. The van der Waals surface area contributed by atoms with Crippen molar-refractivity contribution in [1.82, 2.24) is 0 Å². The van der Waals surface area contributed by atoms with Gasteiger partial charge in [-0.15, -0.1) is 0 Å². The van der Waals surface area contributed by atoms with Crippen molar-refractivity contribution < 1.29 is 34.2 Å². The molecule has 0 saturated carbocycles. The first-order valence-corrected chi connectivity index (χ1v) is 17.2. The van der Waals surface area contributed by atoms with Crippen LogP contribution in [0.2, 0.25) is 8.45 Å². The van der Waals surface area contributed by atoms with Crippen LogP contribution in [0.4, 0.5) is 28.9 Å². The molecule has 2 aliphatic carbocycles. The molecule has 2 aromatic carbocycles. The molecule has 0 atom stereocenters. The molecule has 208 valence electrons. The molecule has 0 unspecified atom stereocenters. The van der Waals surface area contributed by atoms with Crippen molar-refractivity contribution in [2.45, 2.75) is 48.0 Å². The van der Waals surface area contributed by atoms with Crippen molar-refractivity contribution in [2.75, 3.05) is 37.0 Å². The molecule has 39 heavy (non-hydrogen) atoms. The quantitative estimate of drug-likeness (QED) is 0.190. The molecule has 7 heteroatoms. The van der Waals surface area contributed by atoms with Crippen LogP contribution in [0.3, 0.4) is 0 Å². The van der Waals surface area contributed by atoms with Crippen LogP contribution in [0.1, 0.15) is 39.5 Å². The van der Waals surface area contributed by atoms with Crippen molar-refractivity contribution in [3.63, 3.8) is 0 Å². The number of hydrogen-bond donors (Lipinski definition) is 0. The Morgan fingerprint density at radius 2 is 0.974 bits per heavy atom. The van der Waals surface area contributed by atoms with Crippen LogP contribution in [0.25, 0.3) is 0 Å². The van der Waals surface area contributed by atoms with E-state index < -0.39 is 48.3 Å². The van der Waals surface area contributed by atoms with E-state index in [2.05, 4.69) is 0 Å². The van der Waals surface area contributed by atoms with Gasteiger partial charge in [0.15, 0.2) is 0 Å². The van der Waals surface area contributed by atoms with Crippen LogP contribution >= 0.6 is 0 Å². The summed E-state index contributed by atoms with van der Waals surface area (Å²) in [6, 6.07) is 5.43. The average molecular weight is 575 g/mol. The van der Waals surface area contributed by atoms with Gasteiger partial charge in [-0.05, 0) is 0 Å². The molecule has 0 amide bonds. The number of benzene rings is 2. The third kappa shape index (κ3) is 5.43. The number of hydrogen-bond acceptors (Lipinski definition) is 2. The molecule has 0 bridgehead atoms. The van der Waals surface area contributed by atoms with E-state index in [4.69, 9.17) is 0 Å². The van der Waals surface area contributed by atoms with Gasteiger partial charge in [0.05, 0.1) is 0 Å². The molecule has 0 spiro atoms. The Bertz CT molecular complexity index is 1180. The molecule has 0 fully saturated rings. The van der Waals surface area contributed by atoms with Crippen LogP contribution in [0, 0.1) is 23.3 Å². The molecular weight excluding hydrogens is 536 g/mol. The third-order valence-corrected chi connectivity index (χ3v) is 16.5. The molecule has 2 aliphatic rings. The monoisotopic (exact) mass is 574 g/mol. The Morgan fingerprint density at radius 1 is 0.615 bits per heavy atom. The second kappa shape index (κ2) is 12.7. The average Bonchev–Trinajstić information content (AvgIpc) is 3.65. The van der Waals surface area contributed by atoms with Gasteiger partial charge in [-0.25, -0.2) is 0 Å². The second-order valence-corrected chi connectivity index (χ2v) is 16.9. The second-order valence-electron chi connectivity index (χ2n) is 10.5. The molecule has 0 aliphatic heterocycles. The first kappa shape index (κ1) is 29.4. The summed E-state index contributed by atoms with van der Waals surface area (Å²) in [6.45, 7) is 5.28. The Kier molecular flexibility index (Phi) is 9.61. The van der Waals surface area contributed by atoms with Gasteiger partial charge >= 0.3 is 234 Å². The first-order valence-electron chi connectivity index (χ1n) is 13.9. The van der Waals surface area contributed by atoms with E-state index in [0.29, 0.717) is 13.1 Å². The van der Waals surface area contributed by atoms with E-state index >= 15 is 17.6 Å². The number of unbranched alkanes of at least 4 members (excludes halogenated alkanes) is 2. The zero-order valence-corrected chi connectivity index (χ0v) is 24.8. The fourth-order valence-electron chi connectivity index (χ4n) is 5.95. The zero-order chi connectivity index (χ0) is 28.2. The molecule has 0 aromatic heterocycles. The standard InChI is InChI=1S/2C11H14F2N.2C5H5.Ti/c2*1-3-4-7-14(2)11-6-5-9(12)8-10(11)13;2*1-2-4-5-3-1;/h2*5-6H,3-4,7H2,1-2H3;2*1-5H;. The van der Waals surface area contributed by atoms with E-state index in [9.17, 15) is 0 Å². The number of halogens is 4. The predicted molar refractivity (Wildman–Crippen MR) is 152 cm³/mol. The third-order valence-electron chi connectivity index (χ3n) is 8.03. The van der Waals surface area contributed by atoms with E-state index in [1.54, 1.807) is 23.9 Å². The van der Waals surface area contributed by atoms with Crippen LogP contribution in [0.15, 0.2) is 72.9 Å². The topological polar surface area (TPSA) is 6.48 Å². The summed E-state index contributed by atoms with van der Waals surface area (Å²) in [4.78, 5) is 3.55. The molecule has 0 saturated heterocycles. The van der Waals surface area contributed by atoms with Crippen LogP contribution in [-0.4, -0.2) is 27.2 Å². The number of allylic oxidation sites excluding steroid dienone is 8. The van der Waals surface area contributed by atoms with E-state index in [1.807, 2.05) is 62.5 Å². The van der Waals surface area contributed by atoms with Crippen molar-refractivity contribution in [3.05, 3.63) is 96.1 Å². The van der Waals surface area contributed by atoms with Gasteiger partial charge < -0.3 is 0 Å². The van der Waals surface area contributed by atoms with Gasteiger partial charge in [-0.3, -0.25) is 0 Å². The van der Waals surface area contributed by atoms with Gasteiger partial charge in [0.2, 0.25) is 0 Å². The molecule has 4 rings (SSSR count). The Morgan fingerprint density at radius 3 is 1.31 bits per heavy atom. The van der Waals surface area contributed by atoms with Crippen molar-refractivity contribution >= 4 is 19.1 Å². The van der Waals surface area contributed by atoms with Crippen LogP contribution < -0.4 is 17.5 Å². The molecule has 2 aromatic rings. The van der Waals surface area contributed by atoms with Crippen LogP contribution in [-0.2, 0) is 16.6 Å². The minimum atomic E-state index is -4.76. The fourth-order valence-corrected chi connectivity index (χ4v) is 14.7. The maximum atomic E-state index is 16.8. The normalized spacial score (nSPS) is 15.2. The van der Waals surface area contributed by atoms with Gasteiger partial charge in [0.1, 0.15) is 0 Å². The van der Waals surface area contributed by atoms with Gasteiger partial charge in [-0.1, -0.05) is 0 Å². The van der Waals surface area contributed by atoms with Gasteiger partial charge in [0.25, 0.3) is 0 Å². The molecule has 0 N–H and O–H groups in total. The van der Waals surface area contributed by atoms with Crippen molar-refractivity contribution in [2.24, 2.45) is 0 Å². The van der Waals surface area contributed by atoms with E-state index in [1.165, 1.54) is 24.3 Å². The number of nitrogens with zero attached hydrogens (tertiary/aromatic N) is 2. The van der Waals surface area contributed by atoms with Crippen LogP contribution in [0.5, 0.6) is 0 Å². The summed E-state index contributed by atoms with van der Waals surface area (Å²) in [7, 11) is 3.55. The Hall–Kier alpha value is -2.57. The zero-order valence-electron chi connectivity index (χ0n) is 23.2. The van der Waals surface area contributed by atoms with E-state index in [0.717, 1.165) is 25.7 Å². The molecular formula is C32H38F4N2Ti. The first-order chi connectivity index (χ1) is 18.8. The molecule has 0 heterocycles. The summed E-state index contributed by atoms with van der Waals surface area (Å²) in [6.07, 6.45) is 18.2. The van der Waals surface area contributed by atoms with Gasteiger partial charge in [-0.2, -0.15) is 0 Å². The van der Waals surface area contributed by atoms with Crippen molar-refractivity contribution in [3.8, 4) is 0 Å². The summed E-state index contributed by atoms with van der Waals surface area (Å²) >= 11 is -4.76. The summed E-state index contributed by atoms with van der Waals surface area (Å²) in [5, 5.41) is 0. The predicted octanol–water partition coefficient (Wildman–Crippen LogP) is 7.65. The summed E-state index contributed by atoms with van der Waals surface area (Å²) in [5.41, 5.74) is 0.507. The fraction of sp³-hybridized carbons (Fsp3) is 0.375. The number of anilines is 2. The van der Waals surface area contributed by atoms with E-state index in [-0.39, 0.29) is 19.1 Å². The Labute approximate surface area is 233 Å². The van der Waals surface area contributed by atoms with Gasteiger partial charge in [0, 0.05) is 0 Å². The maximum absolute atomic E-state index is 16.8. The summed E-state index contributed by atoms with van der Waals surface area (Å²) in [5.74, 6) is -2.91. The number of rotatable bonds is 12.